The van der Waals surface area contributed by atoms with Crippen LogP contribution >= 0.6 is 0 Å². The van der Waals surface area contributed by atoms with Crippen molar-refractivity contribution >= 4 is 17.8 Å². The Morgan fingerprint density at radius 3 is 1.65 bits per heavy atom. The van der Waals surface area contributed by atoms with Gasteiger partial charge in [-0.25, -0.2) is 4.79 Å². The standard InChI is InChI=1S/C25H47NO5/c1-5-6-7-8-9-10-11-12-13-14-15-16-17-18-22(27)26-21(19-20-23(28)29)24(30)31-25(2,3)4/h21H,5-20H2,1-4H3,(H,26,27)(H,28,29)/t21-/m0/s1. The lowest BCUT2D eigenvalue weighted by Gasteiger charge is -2.24. The van der Waals surface area contributed by atoms with Gasteiger partial charge in [0.05, 0.1) is 0 Å². The van der Waals surface area contributed by atoms with E-state index >= 15 is 0 Å². The maximum Gasteiger partial charge on any atom is 0.329 e. The van der Waals surface area contributed by atoms with Gasteiger partial charge in [-0.2, -0.15) is 0 Å². The number of hydrogen-bond acceptors (Lipinski definition) is 4. The first-order valence-electron chi connectivity index (χ1n) is 12.4. The molecule has 6 nitrogen and oxygen atoms in total. The molecule has 182 valence electrons. The minimum atomic E-state index is -1.00. The second-order valence-corrected chi connectivity index (χ2v) is 9.58. The van der Waals surface area contributed by atoms with Crippen molar-refractivity contribution in [1.29, 1.82) is 0 Å². The summed E-state index contributed by atoms with van der Waals surface area (Å²) in [6.07, 6.45) is 16.3. The van der Waals surface area contributed by atoms with E-state index in [1.54, 1.807) is 20.8 Å². The highest BCUT2D eigenvalue weighted by molar-refractivity contribution is 5.85. The van der Waals surface area contributed by atoms with E-state index in [1.807, 2.05) is 0 Å². The van der Waals surface area contributed by atoms with Crippen LogP contribution in [0.1, 0.15) is 130 Å². The number of rotatable bonds is 19. The highest BCUT2D eigenvalue weighted by atomic mass is 16.6. The highest BCUT2D eigenvalue weighted by Gasteiger charge is 2.27. The van der Waals surface area contributed by atoms with Crippen molar-refractivity contribution in [3.63, 3.8) is 0 Å². The predicted molar refractivity (Wildman–Crippen MR) is 125 cm³/mol. The van der Waals surface area contributed by atoms with Gasteiger partial charge in [0.25, 0.3) is 0 Å². The average Bonchev–Trinajstić information content (AvgIpc) is 2.67. The molecule has 0 aliphatic carbocycles. The number of esters is 1. The number of aliphatic carboxylic acids is 1. The zero-order chi connectivity index (χ0) is 23.5. The molecule has 31 heavy (non-hydrogen) atoms. The summed E-state index contributed by atoms with van der Waals surface area (Å²) in [5.41, 5.74) is -0.682. The third kappa shape index (κ3) is 20.1. The van der Waals surface area contributed by atoms with Crippen LogP contribution in [0.5, 0.6) is 0 Å². The topological polar surface area (TPSA) is 92.7 Å². The Labute approximate surface area is 189 Å². The SMILES string of the molecule is CCCCCCCCCCCCCCCC(=O)N[C@@H](CCC(=O)O)C(=O)OC(C)(C)C. The van der Waals surface area contributed by atoms with E-state index in [0.29, 0.717) is 6.42 Å². The van der Waals surface area contributed by atoms with Gasteiger partial charge in [-0.3, -0.25) is 9.59 Å². The van der Waals surface area contributed by atoms with Crippen molar-refractivity contribution < 1.29 is 24.2 Å². The molecule has 0 aliphatic rings. The molecule has 0 saturated heterocycles. The molecule has 1 atom stereocenters. The summed E-state index contributed by atoms with van der Waals surface area (Å²) in [6, 6.07) is -0.912. The number of carbonyl (C=O) groups is 3. The van der Waals surface area contributed by atoms with Gasteiger partial charge < -0.3 is 15.2 Å². The van der Waals surface area contributed by atoms with Crippen LogP contribution in [0.3, 0.4) is 0 Å². The lowest BCUT2D eigenvalue weighted by atomic mass is 10.0. The van der Waals surface area contributed by atoms with Crippen LogP contribution < -0.4 is 5.32 Å². The normalized spacial score (nSPS) is 12.4. The van der Waals surface area contributed by atoms with Crippen molar-refractivity contribution in [3.05, 3.63) is 0 Å². The van der Waals surface area contributed by atoms with E-state index in [9.17, 15) is 14.4 Å². The van der Waals surface area contributed by atoms with E-state index in [4.69, 9.17) is 9.84 Å². The third-order valence-electron chi connectivity index (χ3n) is 5.18. The number of carbonyl (C=O) groups excluding carboxylic acids is 2. The molecule has 1 amide bonds. The van der Waals surface area contributed by atoms with Crippen LogP contribution in [0, 0.1) is 0 Å². The molecule has 0 saturated carbocycles. The Kier molecular flexibility index (Phi) is 17.1. The first-order valence-corrected chi connectivity index (χ1v) is 12.4. The van der Waals surface area contributed by atoms with Crippen molar-refractivity contribution in [2.45, 2.75) is 142 Å². The lowest BCUT2D eigenvalue weighted by Crippen LogP contribution is -2.44. The Bertz CT molecular complexity index is 499. The number of amides is 1. The predicted octanol–water partition coefficient (Wildman–Crippen LogP) is 6.16. The largest absolute Gasteiger partial charge is 0.481 e. The van der Waals surface area contributed by atoms with Crippen molar-refractivity contribution in [2.24, 2.45) is 0 Å². The smallest absolute Gasteiger partial charge is 0.329 e. The molecule has 0 aliphatic heterocycles. The number of unbranched alkanes of at least 4 members (excludes halogenated alkanes) is 12. The molecule has 0 radical (unpaired) electrons. The summed E-state index contributed by atoms with van der Waals surface area (Å²) in [5.74, 6) is -1.80. The van der Waals surface area contributed by atoms with Crippen molar-refractivity contribution in [2.75, 3.05) is 0 Å². The fourth-order valence-electron chi connectivity index (χ4n) is 3.46. The lowest BCUT2D eigenvalue weighted by molar-refractivity contribution is -0.159. The fraction of sp³-hybridized carbons (Fsp3) is 0.880. The number of carboxylic acids is 1. The monoisotopic (exact) mass is 441 g/mol. The van der Waals surface area contributed by atoms with Gasteiger partial charge in [-0.05, 0) is 33.6 Å². The number of ether oxygens (including phenoxy) is 1. The Morgan fingerprint density at radius 2 is 1.23 bits per heavy atom. The Balaban J connectivity index is 3.89. The van der Waals surface area contributed by atoms with Crippen LogP contribution in [-0.4, -0.2) is 34.6 Å². The molecule has 0 unspecified atom stereocenters. The molecule has 0 aromatic carbocycles. The zero-order valence-electron chi connectivity index (χ0n) is 20.5. The van der Waals surface area contributed by atoms with E-state index in [1.165, 1.54) is 64.2 Å². The Morgan fingerprint density at radius 1 is 0.774 bits per heavy atom. The molecular formula is C25H47NO5. The van der Waals surface area contributed by atoms with Gasteiger partial charge in [-0.15, -0.1) is 0 Å². The molecule has 0 bridgehead atoms. The van der Waals surface area contributed by atoms with Gasteiger partial charge in [0, 0.05) is 12.8 Å². The molecule has 6 heteroatoms. The Hall–Kier alpha value is -1.59. The molecule has 0 rings (SSSR count). The van der Waals surface area contributed by atoms with E-state index < -0.39 is 23.6 Å². The van der Waals surface area contributed by atoms with Crippen molar-refractivity contribution in [3.8, 4) is 0 Å². The molecule has 2 N–H and O–H groups in total. The maximum atomic E-state index is 12.3. The van der Waals surface area contributed by atoms with Crippen LogP contribution in [0.25, 0.3) is 0 Å². The summed E-state index contributed by atoms with van der Waals surface area (Å²) in [7, 11) is 0. The minimum absolute atomic E-state index is 0.0363. The van der Waals surface area contributed by atoms with Crippen LogP contribution in [0.2, 0.25) is 0 Å². The van der Waals surface area contributed by atoms with E-state index in [2.05, 4.69) is 12.2 Å². The maximum absolute atomic E-state index is 12.3. The second-order valence-electron chi connectivity index (χ2n) is 9.58. The van der Waals surface area contributed by atoms with Crippen LogP contribution in [-0.2, 0) is 19.1 Å². The summed E-state index contributed by atoms with van der Waals surface area (Å²) in [5, 5.41) is 11.5. The number of carboxylic acid groups (broad SMARTS) is 1. The van der Waals surface area contributed by atoms with Crippen LogP contribution in [0.4, 0.5) is 0 Å². The molecule has 0 aromatic heterocycles. The van der Waals surface area contributed by atoms with Crippen molar-refractivity contribution in [1.82, 2.24) is 5.32 Å². The van der Waals surface area contributed by atoms with Crippen LogP contribution in [0.15, 0.2) is 0 Å². The van der Waals surface area contributed by atoms with Gasteiger partial charge in [-0.1, -0.05) is 84.0 Å². The van der Waals surface area contributed by atoms with Gasteiger partial charge in [0.15, 0.2) is 0 Å². The van der Waals surface area contributed by atoms with E-state index in [-0.39, 0.29) is 18.7 Å². The average molecular weight is 442 g/mol. The zero-order valence-corrected chi connectivity index (χ0v) is 20.5. The number of nitrogens with one attached hydrogen (secondary N) is 1. The highest BCUT2D eigenvalue weighted by Crippen LogP contribution is 2.14. The first kappa shape index (κ1) is 29.4. The molecular weight excluding hydrogens is 394 g/mol. The summed E-state index contributed by atoms with van der Waals surface area (Å²) >= 11 is 0. The fourth-order valence-corrected chi connectivity index (χ4v) is 3.46. The molecule has 0 heterocycles. The third-order valence-corrected chi connectivity index (χ3v) is 5.18. The van der Waals surface area contributed by atoms with Gasteiger partial charge in [0.2, 0.25) is 5.91 Å². The summed E-state index contributed by atoms with van der Waals surface area (Å²) < 4.78 is 5.31. The first-order chi connectivity index (χ1) is 14.7. The summed E-state index contributed by atoms with van der Waals surface area (Å²) in [6.45, 7) is 7.48. The minimum Gasteiger partial charge on any atom is -0.481 e. The second kappa shape index (κ2) is 18.0. The summed E-state index contributed by atoms with van der Waals surface area (Å²) in [4.78, 5) is 35.3. The van der Waals surface area contributed by atoms with Gasteiger partial charge >= 0.3 is 11.9 Å². The quantitative estimate of drug-likeness (QED) is 0.185. The molecule has 0 aromatic rings. The molecule has 0 spiro atoms. The van der Waals surface area contributed by atoms with Gasteiger partial charge in [0.1, 0.15) is 11.6 Å². The number of hydrogen-bond donors (Lipinski definition) is 2. The molecule has 0 fully saturated rings. The van der Waals surface area contributed by atoms with E-state index in [0.717, 1.165) is 19.3 Å².